The molecule has 3 aliphatic rings. The number of ether oxygens (including phenoxy) is 2. The number of allylic oxidation sites excluding steroid dienone is 1. The van der Waals surface area contributed by atoms with Crippen LogP contribution in [0.5, 0.6) is 0 Å². The molecule has 3 aliphatic heterocycles. The summed E-state index contributed by atoms with van der Waals surface area (Å²) in [4.78, 5) is 45.7. The molecule has 40 heavy (non-hydrogen) atoms. The average Bonchev–Trinajstić information content (AvgIpc) is 3.43. The van der Waals surface area contributed by atoms with Crippen LogP contribution < -0.4 is 4.90 Å². The number of benzene rings is 1. The van der Waals surface area contributed by atoms with Gasteiger partial charge in [0.15, 0.2) is 0 Å². The molecular weight excluding hydrogens is 532 g/mol. The summed E-state index contributed by atoms with van der Waals surface area (Å²) >= 11 is 6.61. The van der Waals surface area contributed by atoms with Gasteiger partial charge in [-0.05, 0) is 57.1 Å². The highest BCUT2D eigenvalue weighted by molar-refractivity contribution is 6.34. The number of para-hydroxylation sites is 1. The number of carbonyl (C=O) groups is 3. The van der Waals surface area contributed by atoms with E-state index in [0.717, 1.165) is 5.56 Å². The molecule has 218 valence electrons. The third-order valence-electron chi connectivity index (χ3n) is 9.15. The van der Waals surface area contributed by atoms with Gasteiger partial charge in [0.2, 0.25) is 5.91 Å². The fourth-order valence-electron chi connectivity index (χ4n) is 7.14. The fourth-order valence-corrected chi connectivity index (χ4v) is 7.47. The second-order valence-corrected chi connectivity index (χ2v) is 11.8. The topological polar surface area (TPSA) is 96.4 Å². The number of rotatable bonds is 12. The molecule has 0 radical (unpaired) electrons. The zero-order chi connectivity index (χ0) is 29.4. The summed E-state index contributed by atoms with van der Waals surface area (Å²) in [7, 11) is 0. The number of hydrogen-bond donors (Lipinski definition) is 1. The second kappa shape index (κ2) is 11.7. The van der Waals surface area contributed by atoms with Crippen molar-refractivity contribution in [2.45, 2.75) is 76.7 Å². The lowest BCUT2D eigenvalue weighted by Crippen LogP contribution is -2.59. The minimum atomic E-state index is -1.26. The molecule has 0 aliphatic carbocycles. The Morgan fingerprint density at radius 3 is 2.67 bits per heavy atom. The van der Waals surface area contributed by atoms with Gasteiger partial charge in [0.1, 0.15) is 17.6 Å². The van der Waals surface area contributed by atoms with E-state index in [-0.39, 0.29) is 37.5 Å². The maximum absolute atomic E-state index is 14.7. The number of nitrogens with zero attached hydrogens (tertiary/aromatic N) is 2. The van der Waals surface area contributed by atoms with Crippen molar-refractivity contribution >= 4 is 35.1 Å². The van der Waals surface area contributed by atoms with Gasteiger partial charge in [-0.1, -0.05) is 49.7 Å². The maximum Gasteiger partial charge on any atom is 0.312 e. The summed E-state index contributed by atoms with van der Waals surface area (Å²) in [5, 5.41) is 10.7. The predicted molar refractivity (Wildman–Crippen MR) is 154 cm³/mol. The normalized spacial score (nSPS) is 31.1. The van der Waals surface area contributed by atoms with Crippen molar-refractivity contribution in [3.8, 4) is 0 Å². The van der Waals surface area contributed by atoms with Crippen molar-refractivity contribution in [1.82, 2.24) is 4.90 Å². The third kappa shape index (κ3) is 4.58. The number of likely N-dealkylation sites (tertiary alicyclic amines) is 1. The summed E-state index contributed by atoms with van der Waals surface area (Å²) in [6.45, 7) is 15.1. The van der Waals surface area contributed by atoms with E-state index in [0.29, 0.717) is 36.4 Å². The monoisotopic (exact) mass is 572 g/mol. The standard InChI is InChI=1S/C31H41ClN2O6/c1-7-10-11-16-39-29(38)24-23-27(36)34(21(9-3)18-35)26(31(23)17-20(5)30(24,6)40-31)28(37)33(15-8-2)25-19(4)13-12-14-22(25)32/h7-8,12-14,20-21,23-24,26,35H,1-2,9-11,15-18H2,3-6H3/t20?,21-,23-,24+,26?,30-,31?/m0/s1. The molecule has 3 heterocycles. The van der Waals surface area contributed by atoms with Gasteiger partial charge in [0, 0.05) is 6.54 Å². The molecule has 2 bridgehead atoms. The molecule has 1 aromatic rings. The van der Waals surface area contributed by atoms with Crippen molar-refractivity contribution in [3.05, 3.63) is 54.1 Å². The van der Waals surface area contributed by atoms with Crippen LogP contribution in [0.15, 0.2) is 43.5 Å². The first-order valence-corrected chi connectivity index (χ1v) is 14.5. The van der Waals surface area contributed by atoms with Crippen LogP contribution in [0.4, 0.5) is 5.69 Å². The Bertz CT molecular complexity index is 1160. The van der Waals surface area contributed by atoms with Crippen molar-refractivity contribution in [3.63, 3.8) is 0 Å². The molecule has 0 saturated carbocycles. The van der Waals surface area contributed by atoms with E-state index >= 15 is 0 Å². The molecule has 2 amide bonds. The van der Waals surface area contributed by atoms with Gasteiger partial charge < -0.3 is 24.4 Å². The maximum atomic E-state index is 14.7. The number of amides is 2. The SMILES string of the molecule is C=CCCCOC(=O)[C@H]1[C@H]2C(=O)N([C@@H](CC)CO)C(C(=O)N(CC=C)c3c(C)cccc3Cl)C23CC(C)[C@]1(C)O3. The van der Waals surface area contributed by atoms with Crippen LogP contribution in [0, 0.1) is 24.7 Å². The van der Waals surface area contributed by atoms with E-state index < -0.39 is 41.1 Å². The summed E-state index contributed by atoms with van der Waals surface area (Å²) in [5.41, 5.74) is -0.918. The van der Waals surface area contributed by atoms with Crippen LogP contribution in [-0.4, -0.2) is 70.8 Å². The number of unbranched alkanes of at least 4 members (excludes halogenated alkanes) is 1. The van der Waals surface area contributed by atoms with E-state index in [1.54, 1.807) is 23.1 Å². The van der Waals surface area contributed by atoms with Crippen LogP contribution in [0.3, 0.4) is 0 Å². The molecule has 4 rings (SSSR count). The number of aliphatic hydroxyl groups excluding tert-OH is 1. The fraction of sp³-hybridized carbons (Fsp3) is 0.581. The number of anilines is 1. The van der Waals surface area contributed by atoms with Gasteiger partial charge in [-0.3, -0.25) is 14.4 Å². The van der Waals surface area contributed by atoms with E-state index in [1.807, 2.05) is 39.8 Å². The van der Waals surface area contributed by atoms with Crippen LogP contribution in [0.1, 0.15) is 52.0 Å². The first kappa shape index (κ1) is 30.3. The van der Waals surface area contributed by atoms with Crippen molar-refractivity contribution < 1.29 is 29.0 Å². The summed E-state index contributed by atoms with van der Waals surface area (Å²) in [5.74, 6) is -3.14. The molecule has 3 fully saturated rings. The first-order chi connectivity index (χ1) is 19.0. The van der Waals surface area contributed by atoms with E-state index in [9.17, 15) is 19.5 Å². The number of esters is 1. The van der Waals surface area contributed by atoms with Crippen molar-refractivity contribution in [2.75, 3.05) is 24.7 Å². The van der Waals surface area contributed by atoms with Gasteiger partial charge in [0.05, 0.1) is 41.5 Å². The van der Waals surface area contributed by atoms with Crippen molar-refractivity contribution in [2.24, 2.45) is 17.8 Å². The van der Waals surface area contributed by atoms with E-state index in [2.05, 4.69) is 13.2 Å². The Morgan fingerprint density at radius 1 is 1.35 bits per heavy atom. The Morgan fingerprint density at radius 2 is 2.08 bits per heavy atom. The zero-order valence-corrected chi connectivity index (χ0v) is 24.7. The molecule has 3 saturated heterocycles. The molecular formula is C31H41ClN2O6. The molecule has 1 aromatic carbocycles. The Balaban J connectivity index is 1.84. The molecule has 3 unspecified atom stereocenters. The number of aryl methyl sites for hydroxylation is 1. The molecule has 9 heteroatoms. The summed E-state index contributed by atoms with van der Waals surface area (Å²) in [6, 6.07) is 3.69. The lowest BCUT2D eigenvalue weighted by molar-refractivity contribution is -0.162. The predicted octanol–water partition coefficient (Wildman–Crippen LogP) is 4.46. The van der Waals surface area contributed by atoms with E-state index in [1.165, 1.54) is 4.90 Å². The average molecular weight is 573 g/mol. The Labute approximate surface area is 241 Å². The minimum absolute atomic E-state index is 0.123. The first-order valence-electron chi connectivity index (χ1n) is 14.1. The number of hydrogen-bond acceptors (Lipinski definition) is 6. The number of carbonyl (C=O) groups excluding carboxylic acids is 3. The molecule has 1 spiro atoms. The summed E-state index contributed by atoms with van der Waals surface area (Å²) in [6.07, 6.45) is 5.54. The number of halogens is 1. The van der Waals surface area contributed by atoms with Crippen LogP contribution >= 0.6 is 11.6 Å². The Kier molecular flexibility index (Phi) is 8.83. The minimum Gasteiger partial charge on any atom is -0.465 e. The summed E-state index contributed by atoms with van der Waals surface area (Å²) < 4.78 is 12.4. The molecule has 0 aromatic heterocycles. The quantitative estimate of drug-likeness (QED) is 0.226. The zero-order valence-electron chi connectivity index (χ0n) is 23.9. The highest BCUT2D eigenvalue weighted by Gasteiger charge is 2.80. The van der Waals surface area contributed by atoms with Gasteiger partial charge >= 0.3 is 5.97 Å². The van der Waals surface area contributed by atoms with Gasteiger partial charge in [0.25, 0.3) is 5.91 Å². The van der Waals surface area contributed by atoms with Gasteiger partial charge in [-0.25, -0.2) is 0 Å². The lowest BCUT2D eigenvalue weighted by atomic mass is 9.62. The highest BCUT2D eigenvalue weighted by atomic mass is 35.5. The molecule has 8 nitrogen and oxygen atoms in total. The molecule has 7 atom stereocenters. The van der Waals surface area contributed by atoms with E-state index in [4.69, 9.17) is 21.1 Å². The smallest absolute Gasteiger partial charge is 0.312 e. The van der Waals surface area contributed by atoms with Crippen LogP contribution in [-0.2, 0) is 23.9 Å². The van der Waals surface area contributed by atoms with Gasteiger partial charge in [-0.2, -0.15) is 0 Å². The van der Waals surface area contributed by atoms with Crippen LogP contribution in [0.25, 0.3) is 0 Å². The molecule has 1 N–H and O–H groups in total. The Hall–Kier alpha value is -2.68. The van der Waals surface area contributed by atoms with Crippen molar-refractivity contribution in [1.29, 1.82) is 0 Å². The van der Waals surface area contributed by atoms with Gasteiger partial charge in [-0.15, -0.1) is 13.2 Å². The highest BCUT2D eigenvalue weighted by Crippen LogP contribution is 2.65. The largest absolute Gasteiger partial charge is 0.465 e. The number of aliphatic hydroxyl groups is 1. The number of fused-ring (bicyclic) bond motifs is 1. The second-order valence-electron chi connectivity index (χ2n) is 11.4. The lowest BCUT2D eigenvalue weighted by Gasteiger charge is -2.39. The third-order valence-corrected chi connectivity index (χ3v) is 9.45. The van der Waals surface area contributed by atoms with Crippen LogP contribution in [0.2, 0.25) is 5.02 Å².